The van der Waals surface area contributed by atoms with E-state index in [-0.39, 0.29) is 0 Å². The van der Waals surface area contributed by atoms with Crippen LogP contribution in [0.2, 0.25) is 0 Å². The summed E-state index contributed by atoms with van der Waals surface area (Å²) in [5, 5.41) is 0. The molecule has 19 heavy (non-hydrogen) atoms. The molecule has 0 aromatic heterocycles. The van der Waals surface area contributed by atoms with E-state index in [9.17, 15) is 0 Å². The van der Waals surface area contributed by atoms with Crippen molar-refractivity contribution in [1.82, 2.24) is 0 Å². The maximum atomic E-state index is 6.00. The van der Waals surface area contributed by atoms with Crippen LogP contribution in [0.4, 0.5) is 0 Å². The Kier molecular flexibility index (Phi) is 7.74. The third-order valence-corrected chi connectivity index (χ3v) is 3.45. The summed E-state index contributed by atoms with van der Waals surface area (Å²) in [7, 11) is 0. The molecule has 4 heteroatoms. The zero-order chi connectivity index (χ0) is 14.1. The number of hydrogen-bond donors (Lipinski definition) is 2. The number of halogens is 1. The quantitative estimate of drug-likeness (QED) is 0.410. The highest BCUT2D eigenvalue weighted by molar-refractivity contribution is 14.1. The van der Waals surface area contributed by atoms with Crippen molar-refractivity contribution >= 4 is 28.8 Å². The maximum absolute atomic E-state index is 6.00. The van der Waals surface area contributed by atoms with Gasteiger partial charge in [0, 0.05) is 16.3 Å². The number of aliphatic imine (C=N–C) groups is 1. The standard InChI is InChI=1S/C15H22IN3/c1-2-10-19-15-11-13(5-6-14(15)18)12(7-8-16)4-3-9-17/h2,7,10-11H,1,3-6,8-9,17-18H2/b12-7+,19-10-. The van der Waals surface area contributed by atoms with Crippen molar-refractivity contribution in [3.8, 4) is 0 Å². The minimum absolute atomic E-state index is 0.727. The molecule has 0 aliphatic heterocycles. The zero-order valence-electron chi connectivity index (χ0n) is 11.2. The second-order valence-electron chi connectivity index (χ2n) is 4.37. The Morgan fingerprint density at radius 2 is 2.26 bits per heavy atom. The van der Waals surface area contributed by atoms with Crippen LogP contribution in [-0.2, 0) is 0 Å². The van der Waals surface area contributed by atoms with Gasteiger partial charge in [0.1, 0.15) is 0 Å². The van der Waals surface area contributed by atoms with Gasteiger partial charge in [0.25, 0.3) is 0 Å². The minimum Gasteiger partial charge on any atom is -0.400 e. The number of allylic oxidation sites excluding steroid dienone is 6. The van der Waals surface area contributed by atoms with Gasteiger partial charge < -0.3 is 11.5 Å². The molecule has 104 valence electrons. The molecule has 0 saturated carbocycles. The fourth-order valence-electron chi connectivity index (χ4n) is 2.01. The summed E-state index contributed by atoms with van der Waals surface area (Å²) < 4.78 is 1.01. The van der Waals surface area contributed by atoms with E-state index in [1.807, 2.05) is 0 Å². The van der Waals surface area contributed by atoms with Crippen LogP contribution < -0.4 is 11.5 Å². The van der Waals surface area contributed by atoms with E-state index in [1.54, 1.807) is 12.3 Å². The predicted octanol–water partition coefficient (Wildman–Crippen LogP) is 3.23. The molecule has 0 heterocycles. The summed E-state index contributed by atoms with van der Waals surface area (Å²) in [6.45, 7) is 4.36. The molecule has 0 atom stereocenters. The van der Waals surface area contributed by atoms with Gasteiger partial charge in [-0.05, 0) is 49.5 Å². The van der Waals surface area contributed by atoms with E-state index in [1.165, 1.54) is 11.1 Å². The van der Waals surface area contributed by atoms with E-state index in [0.717, 1.165) is 48.0 Å². The summed E-state index contributed by atoms with van der Waals surface area (Å²) in [6.07, 6.45) is 11.6. The Morgan fingerprint density at radius 1 is 1.47 bits per heavy atom. The van der Waals surface area contributed by atoms with Gasteiger partial charge >= 0.3 is 0 Å². The lowest BCUT2D eigenvalue weighted by molar-refractivity contribution is 0.797. The highest BCUT2D eigenvalue weighted by Crippen LogP contribution is 2.29. The maximum Gasteiger partial charge on any atom is 0.0819 e. The molecule has 0 aromatic rings. The molecule has 1 aliphatic carbocycles. The Labute approximate surface area is 129 Å². The third kappa shape index (κ3) is 5.32. The highest BCUT2D eigenvalue weighted by Gasteiger charge is 2.13. The van der Waals surface area contributed by atoms with Gasteiger partial charge in [0.15, 0.2) is 0 Å². The van der Waals surface area contributed by atoms with Crippen LogP contribution in [0.1, 0.15) is 25.7 Å². The van der Waals surface area contributed by atoms with Crippen LogP contribution in [0.5, 0.6) is 0 Å². The van der Waals surface area contributed by atoms with Crippen molar-refractivity contribution < 1.29 is 0 Å². The Bertz CT molecular complexity index is 431. The molecule has 0 amide bonds. The van der Waals surface area contributed by atoms with Crippen LogP contribution in [-0.4, -0.2) is 17.2 Å². The monoisotopic (exact) mass is 371 g/mol. The number of nitrogens with two attached hydrogens (primary N) is 2. The summed E-state index contributed by atoms with van der Waals surface area (Å²) in [5.41, 5.74) is 16.1. The fraction of sp³-hybridized carbons (Fsp3) is 0.400. The molecule has 0 fully saturated rings. The van der Waals surface area contributed by atoms with Gasteiger partial charge in [0.05, 0.1) is 5.70 Å². The molecular weight excluding hydrogens is 349 g/mol. The van der Waals surface area contributed by atoms with Crippen molar-refractivity contribution in [2.75, 3.05) is 11.0 Å². The van der Waals surface area contributed by atoms with E-state index in [2.05, 4.69) is 46.3 Å². The summed E-state index contributed by atoms with van der Waals surface area (Å²) in [6, 6.07) is 0. The predicted molar refractivity (Wildman–Crippen MR) is 92.5 cm³/mol. The van der Waals surface area contributed by atoms with E-state index >= 15 is 0 Å². The largest absolute Gasteiger partial charge is 0.400 e. The van der Waals surface area contributed by atoms with Crippen LogP contribution >= 0.6 is 22.6 Å². The minimum atomic E-state index is 0.727. The lowest BCUT2D eigenvalue weighted by Crippen LogP contribution is -2.08. The molecule has 0 radical (unpaired) electrons. The highest BCUT2D eigenvalue weighted by atomic mass is 127. The van der Waals surface area contributed by atoms with E-state index in [4.69, 9.17) is 11.5 Å². The SMILES string of the molecule is C=C/C=N\C1=C(N)CCC(/C(=C/CI)CCCN)=C1. The third-order valence-electron chi connectivity index (χ3n) is 3.01. The average molecular weight is 371 g/mol. The first-order valence-electron chi connectivity index (χ1n) is 6.52. The molecule has 3 nitrogen and oxygen atoms in total. The van der Waals surface area contributed by atoms with Crippen molar-refractivity contribution in [2.45, 2.75) is 25.7 Å². The summed E-state index contributed by atoms with van der Waals surface area (Å²) in [5.74, 6) is 0. The van der Waals surface area contributed by atoms with E-state index in [0.29, 0.717) is 0 Å². The molecule has 1 rings (SSSR count). The van der Waals surface area contributed by atoms with Crippen molar-refractivity contribution in [2.24, 2.45) is 16.5 Å². The number of rotatable bonds is 7. The van der Waals surface area contributed by atoms with Crippen molar-refractivity contribution in [1.29, 1.82) is 0 Å². The topological polar surface area (TPSA) is 64.4 Å². The number of nitrogens with zero attached hydrogens (tertiary/aromatic N) is 1. The van der Waals surface area contributed by atoms with Crippen LogP contribution in [0.3, 0.4) is 0 Å². The lowest BCUT2D eigenvalue weighted by atomic mass is 9.91. The molecule has 0 saturated heterocycles. The van der Waals surface area contributed by atoms with E-state index < -0.39 is 0 Å². The second-order valence-corrected chi connectivity index (χ2v) is 5.25. The Morgan fingerprint density at radius 3 is 2.89 bits per heavy atom. The van der Waals surface area contributed by atoms with Gasteiger partial charge in [-0.3, -0.25) is 4.99 Å². The molecule has 0 unspecified atom stereocenters. The lowest BCUT2D eigenvalue weighted by Gasteiger charge is -2.18. The molecule has 0 bridgehead atoms. The van der Waals surface area contributed by atoms with Crippen LogP contribution in [0, 0.1) is 0 Å². The van der Waals surface area contributed by atoms with Crippen LogP contribution in [0.15, 0.2) is 52.3 Å². The molecule has 1 aliphatic rings. The molecule has 0 spiro atoms. The summed E-state index contributed by atoms with van der Waals surface area (Å²) >= 11 is 2.37. The van der Waals surface area contributed by atoms with Gasteiger partial charge in [-0.2, -0.15) is 0 Å². The fourth-order valence-corrected chi connectivity index (χ4v) is 2.54. The average Bonchev–Trinajstić information content (AvgIpc) is 2.43. The van der Waals surface area contributed by atoms with Crippen LogP contribution in [0.25, 0.3) is 0 Å². The molecular formula is C15H22IN3. The van der Waals surface area contributed by atoms with Gasteiger partial charge in [-0.1, -0.05) is 41.3 Å². The van der Waals surface area contributed by atoms with Crippen molar-refractivity contribution in [3.63, 3.8) is 0 Å². The molecule has 4 N–H and O–H groups in total. The first kappa shape index (κ1) is 16.2. The normalized spacial score (nSPS) is 16.9. The first-order valence-corrected chi connectivity index (χ1v) is 8.05. The number of alkyl halides is 1. The van der Waals surface area contributed by atoms with Gasteiger partial charge in [-0.25, -0.2) is 0 Å². The zero-order valence-corrected chi connectivity index (χ0v) is 13.4. The smallest absolute Gasteiger partial charge is 0.0819 e. The Hall–Kier alpha value is -0.880. The van der Waals surface area contributed by atoms with Gasteiger partial charge in [-0.15, -0.1) is 0 Å². The second kappa shape index (κ2) is 9.09. The van der Waals surface area contributed by atoms with Gasteiger partial charge in [0.2, 0.25) is 0 Å². The number of hydrogen-bond acceptors (Lipinski definition) is 3. The first-order chi connectivity index (χ1) is 9.22. The molecule has 0 aromatic carbocycles. The van der Waals surface area contributed by atoms with Crippen molar-refractivity contribution in [3.05, 3.63) is 47.3 Å². The summed E-state index contributed by atoms with van der Waals surface area (Å²) in [4.78, 5) is 4.34. The Balaban J connectivity index is 2.94.